The summed E-state index contributed by atoms with van der Waals surface area (Å²) in [6.07, 6.45) is 1.19. The summed E-state index contributed by atoms with van der Waals surface area (Å²) in [6, 6.07) is 1.38. The first kappa shape index (κ1) is 15.7. The van der Waals surface area contributed by atoms with Crippen LogP contribution in [0.4, 0.5) is 4.39 Å². The molecule has 0 saturated carbocycles. The van der Waals surface area contributed by atoms with Gasteiger partial charge in [-0.25, -0.2) is 4.39 Å². The predicted octanol–water partition coefficient (Wildman–Crippen LogP) is 2.77. The van der Waals surface area contributed by atoms with E-state index in [9.17, 15) is 12.8 Å². The van der Waals surface area contributed by atoms with Crippen LogP contribution in [0, 0.1) is 5.82 Å². The fourth-order valence-electron chi connectivity index (χ4n) is 1.34. The van der Waals surface area contributed by atoms with Crippen molar-refractivity contribution in [3.8, 4) is 5.75 Å². The Morgan fingerprint density at radius 1 is 1.50 bits per heavy atom. The van der Waals surface area contributed by atoms with Gasteiger partial charge in [0, 0.05) is 6.42 Å². The van der Waals surface area contributed by atoms with Crippen molar-refractivity contribution in [1.82, 2.24) is 0 Å². The zero-order chi connectivity index (χ0) is 13.9. The normalized spacial score (nSPS) is 11.6. The van der Waals surface area contributed by atoms with Gasteiger partial charge in [-0.05, 0) is 27.6 Å². The van der Waals surface area contributed by atoms with Gasteiger partial charge < -0.3 is 4.74 Å². The molecule has 0 N–H and O–H groups in total. The average Bonchev–Trinajstić information content (AvgIpc) is 2.25. The average molecular weight is 362 g/mol. The molecule has 0 saturated heterocycles. The lowest BCUT2D eigenvalue weighted by molar-refractivity contribution is 0.322. The number of ether oxygens (including phenoxy) is 1. The van der Waals surface area contributed by atoms with Gasteiger partial charge in [0.25, 0.3) is 10.1 Å². The third-order valence-corrected chi connectivity index (χ3v) is 3.65. The molecule has 0 bridgehead atoms. The number of hydrogen-bond donors (Lipinski definition) is 0. The highest BCUT2D eigenvalue weighted by atomic mass is 79.9. The summed E-state index contributed by atoms with van der Waals surface area (Å²) in [4.78, 5) is 0. The highest BCUT2D eigenvalue weighted by molar-refractivity contribution is 9.10. The molecule has 18 heavy (non-hydrogen) atoms. The molecule has 0 fully saturated rings. The lowest BCUT2D eigenvalue weighted by Gasteiger charge is -2.12. The van der Waals surface area contributed by atoms with Crippen LogP contribution in [0.2, 0.25) is 5.02 Å². The Balaban J connectivity index is 2.95. The first-order valence-corrected chi connectivity index (χ1v) is 7.79. The van der Waals surface area contributed by atoms with E-state index in [1.807, 2.05) is 0 Å². The van der Waals surface area contributed by atoms with Gasteiger partial charge in [0.2, 0.25) is 0 Å². The lowest BCUT2D eigenvalue weighted by atomic mass is 10.1. The molecule has 0 atom stereocenters. The number of halogens is 3. The standard InChI is InChI=1S/C10H11BrClFO4S/c1-16-10-6(3-4-17-18(2,14)15)5-7(12)9(13)8(10)11/h5H,3-4H2,1-2H3. The summed E-state index contributed by atoms with van der Waals surface area (Å²) in [5.41, 5.74) is 0.555. The number of benzene rings is 1. The predicted molar refractivity (Wildman–Crippen MR) is 70.2 cm³/mol. The third-order valence-electron chi connectivity index (χ3n) is 2.07. The summed E-state index contributed by atoms with van der Waals surface area (Å²) in [5, 5.41) is -0.0722. The van der Waals surface area contributed by atoms with Crippen molar-refractivity contribution in [3.05, 3.63) is 26.9 Å². The van der Waals surface area contributed by atoms with Crippen molar-refractivity contribution in [3.63, 3.8) is 0 Å². The van der Waals surface area contributed by atoms with E-state index in [1.165, 1.54) is 13.2 Å². The van der Waals surface area contributed by atoms with E-state index >= 15 is 0 Å². The van der Waals surface area contributed by atoms with Crippen LogP contribution < -0.4 is 4.74 Å². The van der Waals surface area contributed by atoms with Crippen LogP contribution >= 0.6 is 27.5 Å². The minimum Gasteiger partial charge on any atom is -0.495 e. The zero-order valence-corrected chi connectivity index (χ0v) is 12.8. The topological polar surface area (TPSA) is 52.6 Å². The van der Waals surface area contributed by atoms with Crippen molar-refractivity contribution >= 4 is 37.6 Å². The molecule has 0 spiro atoms. The van der Waals surface area contributed by atoms with Gasteiger partial charge in [0.05, 0.1) is 29.5 Å². The molecule has 0 radical (unpaired) electrons. The van der Waals surface area contributed by atoms with Crippen LogP contribution in [-0.2, 0) is 20.7 Å². The quantitative estimate of drug-likeness (QED) is 0.598. The molecule has 0 amide bonds. The van der Waals surface area contributed by atoms with Crippen LogP contribution in [0.5, 0.6) is 5.75 Å². The largest absolute Gasteiger partial charge is 0.495 e. The molecule has 1 aromatic rings. The SMILES string of the molecule is COc1c(CCOS(C)(=O)=O)cc(Cl)c(F)c1Br. The molecule has 0 aliphatic rings. The van der Waals surface area contributed by atoms with E-state index in [4.69, 9.17) is 16.3 Å². The van der Waals surface area contributed by atoms with Crippen molar-refractivity contribution in [1.29, 1.82) is 0 Å². The van der Waals surface area contributed by atoms with Crippen LogP contribution in [0.15, 0.2) is 10.5 Å². The summed E-state index contributed by atoms with van der Waals surface area (Å²) in [5.74, 6) is -0.352. The van der Waals surface area contributed by atoms with Gasteiger partial charge in [0.1, 0.15) is 5.75 Å². The molecule has 0 unspecified atom stereocenters. The summed E-state index contributed by atoms with van der Waals surface area (Å²) < 4.78 is 44.9. The second-order valence-electron chi connectivity index (χ2n) is 3.45. The van der Waals surface area contributed by atoms with Crippen LogP contribution in [0.1, 0.15) is 5.56 Å². The monoisotopic (exact) mass is 360 g/mol. The second-order valence-corrected chi connectivity index (χ2v) is 6.30. The Bertz CT molecular complexity index is 547. The number of hydrogen-bond acceptors (Lipinski definition) is 4. The lowest BCUT2D eigenvalue weighted by Crippen LogP contribution is -2.07. The first-order chi connectivity index (χ1) is 8.26. The van der Waals surface area contributed by atoms with E-state index in [2.05, 4.69) is 20.1 Å². The molecule has 4 nitrogen and oxygen atoms in total. The fourth-order valence-corrected chi connectivity index (χ4v) is 2.69. The second kappa shape index (κ2) is 6.18. The molecule has 1 aromatic carbocycles. The molecule has 0 aliphatic carbocycles. The van der Waals surface area contributed by atoms with Crippen LogP contribution in [0.3, 0.4) is 0 Å². The van der Waals surface area contributed by atoms with E-state index in [0.717, 1.165) is 6.26 Å². The molecule has 0 heterocycles. The fraction of sp³-hybridized carbons (Fsp3) is 0.400. The minimum atomic E-state index is -3.50. The Morgan fingerprint density at radius 3 is 2.61 bits per heavy atom. The van der Waals surface area contributed by atoms with Crippen molar-refractivity contribution in [2.24, 2.45) is 0 Å². The van der Waals surface area contributed by atoms with E-state index in [-0.39, 0.29) is 28.3 Å². The number of methoxy groups -OCH3 is 1. The van der Waals surface area contributed by atoms with E-state index in [0.29, 0.717) is 5.56 Å². The third kappa shape index (κ3) is 4.08. The number of rotatable bonds is 5. The molecule has 8 heteroatoms. The van der Waals surface area contributed by atoms with Gasteiger partial charge in [-0.15, -0.1) is 0 Å². The van der Waals surface area contributed by atoms with Gasteiger partial charge in [-0.2, -0.15) is 8.42 Å². The van der Waals surface area contributed by atoms with Gasteiger partial charge in [0.15, 0.2) is 5.82 Å². The molecule has 102 valence electrons. The maximum absolute atomic E-state index is 13.5. The Morgan fingerprint density at radius 2 is 2.11 bits per heavy atom. The maximum Gasteiger partial charge on any atom is 0.264 e. The Hall–Kier alpha value is -0.370. The minimum absolute atomic E-state index is 0.0659. The maximum atomic E-state index is 13.5. The molecule has 0 aliphatic heterocycles. The summed E-state index contributed by atoms with van der Waals surface area (Å²) >= 11 is 8.73. The summed E-state index contributed by atoms with van der Waals surface area (Å²) in [7, 11) is -2.12. The van der Waals surface area contributed by atoms with Crippen molar-refractivity contribution < 1.29 is 21.7 Å². The zero-order valence-electron chi connectivity index (χ0n) is 9.67. The first-order valence-electron chi connectivity index (χ1n) is 4.81. The van der Waals surface area contributed by atoms with Gasteiger partial charge in [-0.3, -0.25) is 4.18 Å². The van der Waals surface area contributed by atoms with Crippen LogP contribution in [0.25, 0.3) is 0 Å². The highest BCUT2D eigenvalue weighted by Crippen LogP contribution is 2.36. The summed E-state index contributed by atoms with van der Waals surface area (Å²) in [6.45, 7) is -0.0659. The van der Waals surface area contributed by atoms with Crippen LogP contribution in [-0.4, -0.2) is 28.4 Å². The van der Waals surface area contributed by atoms with Gasteiger partial charge >= 0.3 is 0 Å². The van der Waals surface area contributed by atoms with E-state index in [1.54, 1.807) is 0 Å². The molecule has 0 aromatic heterocycles. The highest BCUT2D eigenvalue weighted by Gasteiger charge is 2.16. The van der Waals surface area contributed by atoms with E-state index < -0.39 is 15.9 Å². The Kier molecular flexibility index (Phi) is 5.39. The Labute approximate surface area is 118 Å². The molecular weight excluding hydrogens is 351 g/mol. The van der Waals surface area contributed by atoms with Crippen molar-refractivity contribution in [2.75, 3.05) is 20.0 Å². The smallest absolute Gasteiger partial charge is 0.264 e. The molecular formula is C10H11BrClFO4S. The van der Waals surface area contributed by atoms with Gasteiger partial charge in [-0.1, -0.05) is 11.6 Å². The van der Waals surface area contributed by atoms with Crippen molar-refractivity contribution in [2.45, 2.75) is 6.42 Å². The molecule has 1 rings (SSSR count).